The molecular weight excluding hydrogens is 193 g/mol. The third-order valence-electron chi connectivity index (χ3n) is 1.92. The van der Waals surface area contributed by atoms with Crippen LogP contribution in [0.3, 0.4) is 0 Å². The summed E-state index contributed by atoms with van der Waals surface area (Å²) in [6.07, 6.45) is 0.664. The van der Waals surface area contributed by atoms with Crippen molar-refractivity contribution in [2.75, 3.05) is 0 Å². The van der Waals surface area contributed by atoms with Crippen molar-refractivity contribution in [3.8, 4) is 5.75 Å². The highest BCUT2D eigenvalue weighted by Gasteiger charge is 2.07. The molecule has 0 heterocycles. The quantitative estimate of drug-likeness (QED) is 0.830. The number of nitrogens with two attached hydrogens (primary N) is 1. The van der Waals surface area contributed by atoms with E-state index in [1.807, 2.05) is 26.8 Å². The molecule has 1 atom stereocenters. The van der Waals surface area contributed by atoms with Crippen LogP contribution in [0.4, 0.5) is 4.39 Å². The van der Waals surface area contributed by atoms with Gasteiger partial charge in [0.2, 0.25) is 0 Å². The Balaban J connectivity index is 2.78. The van der Waals surface area contributed by atoms with Crippen LogP contribution < -0.4 is 10.5 Å². The average molecular weight is 211 g/mol. The Morgan fingerprint density at radius 3 is 2.47 bits per heavy atom. The van der Waals surface area contributed by atoms with E-state index in [0.29, 0.717) is 12.2 Å². The lowest BCUT2D eigenvalue weighted by Crippen LogP contribution is -2.17. The molecule has 0 bridgehead atoms. The molecule has 2 N–H and O–H groups in total. The predicted octanol–water partition coefficient (Wildman–Crippen LogP) is 2.50. The van der Waals surface area contributed by atoms with Gasteiger partial charge in [0.1, 0.15) is 0 Å². The van der Waals surface area contributed by atoms with E-state index in [0.717, 1.165) is 5.56 Å². The SMILES string of the molecule is CC(N)Cc1ccc(OC(C)C)c(F)c1. The van der Waals surface area contributed by atoms with E-state index < -0.39 is 0 Å². The van der Waals surface area contributed by atoms with Crippen LogP contribution in [0, 0.1) is 5.82 Å². The van der Waals surface area contributed by atoms with Crippen molar-refractivity contribution in [1.82, 2.24) is 0 Å². The second-order valence-corrected chi connectivity index (χ2v) is 4.11. The lowest BCUT2D eigenvalue weighted by atomic mass is 10.1. The maximum Gasteiger partial charge on any atom is 0.165 e. The summed E-state index contributed by atoms with van der Waals surface area (Å²) < 4.78 is 18.8. The zero-order valence-corrected chi connectivity index (χ0v) is 9.46. The smallest absolute Gasteiger partial charge is 0.165 e. The molecular formula is C12H18FNO. The summed E-state index contributed by atoms with van der Waals surface area (Å²) in [6.45, 7) is 5.64. The third-order valence-corrected chi connectivity index (χ3v) is 1.92. The molecule has 1 aromatic rings. The van der Waals surface area contributed by atoms with Gasteiger partial charge in [-0.05, 0) is 44.9 Å². The molecule has 3 heteroatoms. The Bertz CT molecular complexity index is 323. The Hall–Kier alpha value is -1.09. The van der Waals surface area contributed by atoms with Gasteiger partial charge in [0.25, 0.3) is 0 Å². The van der Waals surface area contributed by atoms with Gasteiger partial charge < -0.3 is 10.5 Å². The van der Waals surface area contributed by atoms with E-state index in [1.54, 1.807) is 6.07 Å². The molecule has 0 fully saturated rings. The summed E-state index contributed by atoms with van der Waals surface area (Å²) in [5, 5.41) is 0. The lowest BCUT2D eigenvalue weighted by Gasteiger charge is -2.12. The Labute approximate surface area is 90.2 Å². The molecule has 0 amide bonds. The highest BCUT2D eigenvalue weighted by Crippen LogP contribution is 2.20. The van der Waals surface area contributed by atoms with E-state index >= 15 is 0 Å². The molecule has 0 aliphatic heterocycles. The minimum absolute atomic E-state index is 0.0150. The zero-order valence-electron chi connectivity index (χ0n) is 9.46. The monoisotopic (exact) mass is 211 g/mol. The van der Waals surface area contributed by atoms with Gasteiger partial charge in [0, 0.05) is 6.04 Å². The highest BCUT2D eigenvalue weighted by molar-refractivity contribution is 5.29. The van der Waals surface area contributed by atoms with Crippen molar-refractivity contribution in [3.63, 3.8) is 0 Å². The normalized spacial score (nSPS) is 12.9. The van der Waals surface area contributed by atoms with Gasteiger partial charge in [-0.25, -0.2) is 4.39 Å². The number of hydrogen-bond acceptors (Lipinski definition) is 2. The molecule has 0 saturated heterocycles. The summed E-state index contributed by atoms with van der Waals surface area (Å²) in [5.41, 5.74) is 6.54. The lowest BCUT2D eigenvalue weighted by molar-refractivity contribution is 0.231. The maximum absolute atomic E-state index is 13.5. The van der Waals surface area contributed by atoms with Gasteiger partial charge in [0.05, 0.1) is 6.10 Å². The first-order valence-electron chi connectivity index (χ1n) is 5.19. The second-order valence-electron chi connectivity index (χ2n) is 4.11. The van der Waals surface area contributed by atoms with Crippen LogP contribution in [0.5, 0.6) is 5.75 Å². The molecule has 0 spiro atoms. The number of ether oxygens (including phenoxy) is 1. The third kappa shape index (κ3) is 3.88. The summed E-state index contributed by atoms with van der Waals surface area (Å²) in [6, 6.07) is 5.04. The Kier molecular flexibility index (Phi) is 4.09. The van der Waals surface area contributed by atoms with Crippen LogP contribution in [0.25, 0.3) is 0 Å². The minimum Gasteiger partial charge on any atom is -0.488 e. The van der Waals surface area contributed by atoms with Gasteiger partial charge in [-0.1, -0.05) is 6.07 Å². The van der Waals surface area contributed by atoms with E-state index in [-0.39, 0.29) is 18.0 Å². The molecule has 0 saturated carbocycles. The van der Waals surface area contributed by atoms with Crippen molar-refractivity contribution in [2.45, 2.75) is 39.3 Å². The van der Waals surface area contributed by atoms with Crippen LogP contribution in [0.2, 0.25) is 0 Å². The van der Waals surface area contributed by atoms with Crippen LogP contribution in [-0.2, 0) is 6.42 Å². The zero-order chi connectivity index (χ0) is 11.4. The fourth-order valence-electron chi connectivity index (χ4n) is 1.39. The summed E-state index contributed by atoms with van der Waals surface area (Å²) in [4.78, 5) is 0. The number of halogens is 1. The number of benzene rings is 1. The molecule has 1 aromatic carbocycles. The van der Waals surface area contributed by atoms with Gasteiger partial charge >= 0.3 is 0 Å². The van der Waals surface area contributed by atoms with Crippen molar-refractivity contribution in [2.24, 2.45) is 5.73 Å². The fraction of sp³-hybridized carbons (Fsp3) is 0.500. The summed E-state index contributed by atoms with van der Waals surface area (Å²) >= 11 is 0. The summed E-state index contributed by atoms with van der Waals surface area (Å²) in [7, 11) is 0. The van der Waals surface area contributed by atoms with E-state index in [2.05, 4.69) is 0 Å². The molecule has 1 unspecified atom stereocenters. The van der Waals surface area contributed by atoms with Crippen LogP contribution in [-0.4, -0.2) is 12.1 Å². The molecule has 0 aromatic heterocycles. The number of rotatable bonds is 4. The number of hydrogen-bond donors (Lipinski definition) is 1. The van der Waals surface area contributed by atoms with Gasteiger partial charge in [0.15, 0.2) is 11.6 Å². The van der Waals surface area contributed by atoms with E-state index in [1.165, 1.54) is 6.07 Å². The minimum atomic E-state index is -0.318. The Morgan fingerprint density at radius 2 is 2.00 bits per heavy atom. The first-order chi connectivity index (χ1) is 6.99. The molecule has 2 nitrogen and oxygen atoms in total. The highest BCUT2D eigenvalue weighted by atomic mass is 19.1. The maximum atomic E-state index is 13.5. The second kappa shape index (κ2) is 5.12. The molecule has 84 valence electrons. The van der Waals surface area contributed by atoms with Crippen LogP contribution >= 0.6 is 0 Å². The van der Waals surface area contributed by atoms with Crippen LogP contribution in [0.1, 0.15) is 26.3 Å². The van der Waals surface area contributed by atoms with Crippen LogP contribution in [0.15, 0.2) is 18.2 Å². The molecule has 0 aliphatic rings. The first-order valence-corrected chi connectivity index (χ1v) is 5.19. The molecule has 0 aliphatic carbocycles. The van der Waals surface area contributed by atoms with Crippen molar-refractivity contribution in [1.29, 1.82) is 0 Å². The first kappa shape index (κ1) is 12.0. The van der Waals surface area contributed by atoms with Crippen molar-refractivity contribution >= 4 is 0 Å². The molecule has 0 radical (unpaired) electrons. The Morgan fingerprint density at radius 1 is 1.33 bits per heavy atom. The van der Waals surface area contributed by atoms with E-state index in [9.17, 15) is 4.39 Å². The van der Waals surface area contributed by atoms with Gasteiger partial charge in [-0.2, -0.15) is 0 Å². The standard InChI is InChI=1S/C12H18FNO/c1-8(2)15-12-5-4-10(6-9(3)14)7-11(12)13/h4-5,7-9H,6,14H2,1-3H3. The average Bonchev–Trinajstić information content (AvgIpc) is 2.08. The largest absolute Gasteiger partial charge is 0.488 e. The molecule has 15 heavy (non-hydrogen) atoms. The fourth-order valence-corrected chi connectivity index (χ4v) is 1.39. The van der Waals surface area contributed by atoms with Crippen molar-refractivity contribution in [3.05, 3.63) is 29.6 Å². The predicted molar refractivity (Wildman–Crippen MR) is 59.5 cm³/mol. The summed E-state index contributed by atoms with van der Waals surface area (Å²) in [5.74, 6) is -0.0136. The topological polar surface area (TPSA) is 35.2 Å². The molecule has 1 rings (SSSR count). The van der Waals surface area contributed by atoms with Gasteiger partial charge in [-0.3, -0.25) is 0 Å². The van der Waals surface area contributed by atoms with Gasteiger partial charge in [-0.15, -0.1) is 0 Å². The van der Waals surface area contributed by atoms with E-state index in [4.69, 9.17) is 10.5 Å². The van der Waals surface area contributed by atoms with Crippen molar-refractivity contribution < 1.29 is 9.13 Å².